The number of ether oxygens (including phenoxy) is 1. The first-order chi connectivity index (χ1) is 5.77. The second-order valence-electron chi connectivity index (χ2n) is 2.39. The maximum Gasteiger partial charge on any atom is 0.119 e. The molecular formula is C9H12NO2-. The zero-order chi connectivity index (χ0) is 8.97. The van der Waals surface area contributed by atoms with Gasteiger partial charge in [-0.3, -0.25) is 0 Å². The van der Waals surface area contributed by atoms with Gasteiger partial charge < -0.3 is 15.0 Å². The molecule has 0 aliphatic rings. The Morgan fingerprint density at radius 3 is 2.33 bits per heavy atom. The molecule has 0 saturated heterocycles. The summed E-state index contributed by atoms with van der Waals surface area (Å²) in [5.41, 5.74) is 0.665. The van der Waals surface area contributed by atoms with E-state index in [-0.39, 0.29) is 0 Å². The smallest absolute Gasteiger partial charge is 0.119 e. The highest BCUT2D eigenvalue weighted by molar-refractivity contribution is 5.49. The highest BCUT2D eigenvalue weighted by Gasteiger charge is 1.93. The molecule has 0 radical (unpaired) electrons. The van der Waals surface area contributed by atoms with Crippen LogP contribution in [0, 0.1) is 5.21 Å². The Morgan fingerprint density at radius 1 is 1.33 bits per heavy atom. The van der Waals surface area contributed by atoms with Crippen molar-refractivity contribution in [1.29, 1.82) is 0 Å². The summed E-state index contributed by atoms with van der Waals surface area (Å²) in [4.78, 5) is 0. The van der Waals surface area contributed by atoms with E-state index in [1.54, 1.807) is 31.4 Å². The van der Waals surface area contributed by atoms with Gasteiger partial charge in [0.2, 0.25) is 0 Å². The molecule has 0 fully saturated rings. The number of hydroxylamine groups is 1. The Bertz CT molecular complexity index is 233. The van der Waals surface area contributed by atoms with Crippen LogP contribution in [0.2, 0.25) is 0 Å². The van der Waals surface area contributed by atoms with E-state index in [1.807, 2.05) is 6.92 Å². The Labute approximate surface area is 72.1 Å². The van der Waals surface area contributed by atoms with E-state index in [9.17, 15) is 5.21 Å². The van der Waals surface area contributed by atoms with Crippen molar-refractivity contribution in [1.82, 2.24) is 0 Å². The lowest BCUT2D eigenvalue weighted by atomic mass is 10.3. The number of methoxy groups -OCH3 is 1. The Hall–Kier alpha value is -1.22. The predicted octanol–water partition coefficient (Wildman–Crippen LogP) is 2.02. The topological polar surface area (TPSA) is 35.5 Å². The van der Waals surface area contributed by atoms with Gasteiger partial charge in [0, 0.05) is 12.2 Å². The van der Waals surface area contributed by atoms with Gasteiger partial charge in [-0.1, -0.05) is 0 Å². The van der Waals surface area contributed by atoms with Gasteiger partial charge in [0.25, 0.3) is 0 Å². The molecule has 0 unspecified atom stereocenters. The van der Waals surface area contributed by atoms with Crippen LogP contribution in [0.4, 0.5) is 5.69 Å². The van der Waals surface area contributed by atoms with E-state index in [2.05, 4.69) is 0 Å². The molecule has 12 heavy (non-hydrogen) atoms. The molecule has 0 aromatic heterocycles. The number of anilines is 1. The average molecular weight is 166 g/mol. The van der Waals surface area contributed by atoms with Crippen molar-refractivity contribution in [2.45, 2.75) is 6.92 Å². The number of hydrogen-bond donors (Lipinski definition) is 0. The first-order valence-electron chi connectivity index (χ1n) is 3.86. The fourth-order valence-corrected chi connectivity index (χ4v) is 0.931. The largest absolute Gasteiger partial charge is 0.758 e. The van der Waals surface area contributed by atoms with E-state index < -0.39 is 0 Å². The van der Waals surface area contributed by atoms with Crippen molar-refractivity contribution >= 4 is 5.69 Å². The third kappa shape index (κ3) is 1.89. The van der Waals surface area contributed by atoms with E-state index in [4.69, 9.17) is 4.74 Å². The van der Waals surface area contributed by atoms with Crippen LogP contribution in [0.1, 0.15) is 6.92 Å². The average Bonchev–Trinajstić information content (AvgIpc) is 2.17. The number of rotatable bonds is 3. The van der Waals surface area contributed by atoms with Crippen LogP contribution in [-0.4, -0.2) is 13.7 Å². The molecule has 0 saturated carbocycles. The SMILES string of the molecule is CCN([O-])c1ccc(OC)cc1. The molecular weight excluding hydrogens is 154 g/mol. The monoisotopic (exact) mass is 166 g/mol. The van der Waals surface area contributed by atoms with Crippen LogP contribution >= 0.6 is 0 Å². The summed E-state index contributed by atoms with van der Waals surface area (Å²) >= 11 is 0. The van der Waals surface area contributed by atoms with Gasteiger partial charge in [0.1, 0.15) is 5.75 Å². The first-order valence-corrected chi connectivity index (χ1v) is 3.86. The van der Waals surface area contributed by atoms with Crippen LogP contribution in [0.25, 0.3) is 0 Å². The number of benzene rings is 1. The fourth-order valence-electron chi connectivity index (χ4n) is 0.931. The Kier molecular flexibility index (Phi) is 2.94. The summed E-state index contributed by atoms with van der Waals surface area (Å²) in [6, 6.07) is 7.04. The zero-order valence-corrected chi connectivity index (χ0v) is 7.28. The summed E-state index contributed by atoms with van der Waals surface area (Å²) in [7, 11) is 1.60. The minimum Gasteiger partial charge on any atom is -0.758 e. The van der Waals surface area contributed by atoms with Crippen LogP contribution in [0.3, 0.4) is 0 Å². The zero-order valence-electron chi connectivity index (χ0n) is 7.28. The molecule has 0 bridgehead atoms. The summed E-state index contributed by atoms with van der Waals surface area (Å²) in [5.74, 6) is 0.767. The van der Waals surface area contributed by atoms with E-state index in [0.29, 0.717) is 12.2 Å². The lowest BCUT2D eigenvalue weighted by Gasteiger charge is -2.28. The van der Waals surface area contributed by atoms with Gasteiger partial charge in [-0.15, -0.1) is 0 Å². The second kappa shape index (κ2) is 3.97. The summed E-state index contributed by atoms with van der Waals surface area (Å²) in [6.45, 7) is 2.28. The molecule has 0 aliphatic carbocycles. The lowest BCUT2D eigenvalue weighted by molar-refractivity contribution is 0.415. The molecule has 0 atom stereocenters. The quantitative estimate of drug-likeness (QED) is 0.644. The molecule has 3 heteroatoms. The maximum atomic E-state index is 11.1. The molecule has 0 N–H and O–H groups in total. The molecule has 0 amide bonds. The lowest BCUT2D eigenvalue weighted by Crippen LogP contribution is -2.12. The van der Waals surface area contributed by atoms with Gasteiger partial charge in [-0.2, -0.15) is 0 Å². The van der Waals surface area contributed by atoms with Crippen LogP contribution in [0.15, 0.2) is 24.3 Å². The predicted molar refractivity (Wildman–Crippen MR) is 49.4 cm³/mol. The minimum absolute atomic E-state index is 0.465. The van der Waals surface area contributed by atoms with Gasteiger partial charge in [-0.05, 0) is 31.2 Å². The Balaban J connectivity index is 2.77. The van der Waals surface area contributed by atoms with Crippen molar-refractivity contribution in [3.05, 3.63) is 29.5 Å². The van der Waals surface area contributed by atoms with E-state index in [0.717, 1.165) is 10.8 Å². The molecule has 0 aliphatic heterocycles. The molecule has 1 aromatic carbocycles. The van der Waals surface area contributed by atoms with Crippen LogP contribution < -0.4 is 9.80 Å². The third-order valence-corrected chi connectivity index (χ3v) is 1.65. The van der Waals surface area contributed by atoms with Crippen molar-refractivity contribution < 1.29 is 4.74 Å². The summed E-state index contributed by atoms with van der Waals surface area (Å²) in [6.07, 6.45) is 0. The third-order valence-electron chi connectivity index (χ3n) is 1.65. The van der Waals surface area contributed by atoms with E-state index >= 15 is 0 Å². The van der Waals surface area contributed by atoms with Gasteiger partial charge in [0.15, 0.2) is 0 Å². The van der Waals surface area contributed by atoms with Crippen molar-refractivity contribution in [2.75, 3.05) is 18.7 Å². The highest BCUT2D eigenvalue weighted by atomic mass is 16.5. The summed E-state index contributed by atoms with van der Waals surface area (Å²) in [5, 5.41) is 12.0. The van der Waals surface area contributed by atoms with E-state index in [1.165, 1.54) is 0 Å². The van der Waals surface area contributed by atoms with Crippen molar-refractivity contribution in [2.24, 2.45) is 0 Å². The molecule has 0 spiro atoms. The van der Waals surface area contributed by atoms with Crippen molar-refractivity contribution in [3.8, 4) is 5.75 Å². The maximum absolute atomic E-state index is 11.1. The fraction of sp³-hybridized carbons (Fsp3) is 0.333. The number of nitrogens with zero attached hydrogens (tertiary/aromatic N) is 1. The standard InChI is InChI=1S/C9H12NO2/c1-3-10(11)8-4-6-9(12-2)7-5-8/h4-7H,3H2,1-2H3/q-1. The van der Waals surface area contributed by atoms with Crippen LogP contribution in [0.5, 0.6) is 5.75 Å². The van der Waals surface area contributed by atoms with Crippen molar-refractivity contribution in [3.63, 3.8) is 0 Å². The molecule has 1 aromatic rings. The second-order valence-corrected chi connectivity index (χ2v) is 2.39. The molecule has 1 rings (SSSR count). The number of hydrogen-bond acceptors (Lipinski definition) is 3. The minimum atomic E-state index is 0.465. The molecule has 66 valence electrons. The molecule has 3 nitrogen and oxygen atoms in total. The molecule has 0 heterocycles. The first kappa shape index (κ1) is 8.87. The van der Waals surface area contributed by atoms with Crippen LogP contribution in [-0.2, 0) is 0 Å². The van der Waals surface area contributed by atoms with Gasteiger partial charge in [-0.25, -0.2) is 0 Å². The Morgan fingerprint density at radius 2 is 1.92 bits per heavy atom. The summed E-state index contributed by atoms with van der Waals surface area (Å²) < 4.78 is 4.96. The van der Waals surface area contributed by atoms with Gasteiger partial charge in [0.05, 0.1) is 7.11 Å². The highest BCUT2D eigenvalue weighted by Crippen LogP contribution is 2.17. The normalized spacial score (nSPS) is 9.58. The van der Waals surface area contributed by atoms with Gasteiger partial charge >= 0.3 is 0 Å².